The first-order valence-corrected chi connectivity index (χ1v) is 5.59. The minimum absolute atomic E-state index is 0.546. The molecular weight excluding hydrogens is 194 g/mol. The Morgan fingerprint density at radius 3 is 3.00 bits per heavy atom. The predicted octanol–water partition coefficient (Wildman–Crippen LogP) is 2.16. The van der Waals surface area contributed by atoms with Gasteiger partial charge in [0.05, 0.1) is 5.69 Å². The Morgan fingerprint density at radius 2 is 2.43 bits per heavy atom. The van der Waals surface area contributed by atoms with Crippen LogP contribution in [-0.4, -0.2) is 10.2 Å². The molecule has 3 N–H and O–H groups in total. The van der Waals surface area contributed by atoms with Crippen molar-refractivity contribution >= 4 is 11.3 Å². The van der Waals surface area contributed by atoms with Gasteiger partial charge in [0.15, 0.2) is 0 Å². The van der Waals surface area contributed by atoms with Crippen LogP contribution in [0.5, 0.6) is 0 Å². The molecule has 0 fully saturated rings. The van der Waals surface area contributed by atoms with Crippen LogP contribution in [0.25, 0.3) is 11.3 Å². The van der Waals surface area contributed by atoms with Crippen molar-refractivity contribution in [2.45, 2.75) is 19.9 Å². The molecule has 2 heterocycles. The number of aromatic amines is 1. The zero-order valence-corrected chi connectivity index (χ0v) is 8.90. The van der Waals surface area contributed by atoms with Crippen LogP contribution >= 0.6 is 11.3 Å². The van der Waals surface area contributed by atoms with Gasteiger partial charge < -0.3 is 5.73 Å². The highest BCUT2D eigenvalue weighted by atomic mass is 32.1. The van der Waals surface area contributed by atoms with Crippen LogP contribution in [0.2, 0.25) is 0 Å². The van der Waals surface area contributed by atoms with Crippen LogP contribution in [0.3, 0.4) is 0 Å². The number of aryl methyl sites for hydroxylation is 1. The minimum Gasteiger partial charge on any atom is -0.326 e. The van der Waals surface area contributed by atoms with Gasteiger partial charge in [-0.15, -0.1) is 0 Å². The Bertz CT molecular complexity index is 403. The monoisotopic (exact) mass is 207 g/mol. The largest absolute Gasteiger partial charge is 0.326 e. The van der Waals surface area contributed by atoms with Crippen molar-refractivity contribution in [1.29, 1.82) is 0 Å². The molecule has 0 aliphatic carbocycles. The number of hydrogen-bond acceptors (Lipinski definition) is 3. The fraction of sp³-hybridized carbons (Fsp3) is 0.300. The van der Waals surface area contributed by atoms with E-state index in [-0.39, 0.29) is 0 Å². The van der Waals surface area contributed by atoms with E-state index in [9.17, 15) is 0 Å². The van der Waals surface area contributed by atoms with Gasteiger partial charge in [0.2, 0.25) is 0 Å². The summed E-state index contributed by atoms with van der Waals surface area (Å²) < 4.78 is 0. The molecule has 0 radical (unpaired) electrons. The number of hydrogen-bond donors (Lipinski definition) is 2. The van der Waals surface area contributed by atoms with E-state index in [0.29, 0.717) is 6.54 Å². The van der Waals surface area contributed by atoms with E-state index in [0.717, 1.165) is 28.9 Å². The SMILES string of the molecule is CCc1[nH]nc(-c2ccsc2)c1CN. The summed E-state index contributed by atoms with van der Waals surface area (Å²) in [7, 11) is 0. The molecule has 2 aromatic rings. The second-order valence-corrected chi connectivity index (χ2v) is 3.88. The van der Waals surface area contributed by atoms with Crippen molar-refractivity contribution in [1.82, 2.24) is 10.2 Å². The fourth-order valence-corrected chi connectivity index (χ4v) is 2.19. The van der Waals surface area contributed by atoms with Crippen LogP contribution in [0.1, 0.15) is 18.2 Å². The van der Waals surface area contributed by atoms with E-state index in [4.69, 9.17) is 5.73 Å². The number of thiophene rings is 1. The Labute approximate surface area is 87.0 Å². The molecule has 0 unspecified atom stereocenters. The third kappa shape index (κ3) is 1.47. The van der Waals surface area contributed by atoms with E-state index >= 15 is 0 Å². The number of nitrogens with one attached hydrogen (secondary N) is 1. The number of nitrogens with zero attached hydrogens (tertiary/aromatic N) is 1. The van der Waals surface area contributed by atoms with E-state index in [1.807, 2.05) is 0 Å². The lowest BCUT2D eigenvalue weighted by Crippen LogP contribution is -2.00. The quantitative estimate of drug-likeness (QED) is 0.810. The van der Waals surface area contributed by atoms with Gasteiger partial charge in [0.25, 0.3) is 0 Å². The lowest BCUT2D eigenvalue weighted by Gasteiger charge is -1.98. The van der Waals surface area contributed by atoms with Gasteiger partial charge in [-0.05, 0) is 17.9 Å². The normalized spacial score (nSPS) is 10.7. The van der Waals surface area contributed by atoms with Crippen LogP contribution in [-0.2, 0) is 13.0 Å². The maximum atomic E-state index is 5.72. The first kappa shape index (κ1) is 9.43. The zero-order chi connectivity index (χ0) is 9.97. The summed E-state index contributed by atoms with van der Waals surface area (Å²) in [4.78, 5) is 0. The summed E-state index contributed by atoms with van der Waals surface area (Å²) in [6.45, 7) is 2.65. The highest BCUT2D eigenvalue weighted by molar-refractivity contribution is 7.08. The summed E-state index contributed by atoms with van der Waals surface area (Å²) in [5, 5.41) is 11.5. The van der Waals surface area contributed by atoms with Crippen molar-refractivity contribution in [2.75, 3.05) is 0 Å². The molecule has 2 aromatic heterocycles. The summed E-state index contributed by atoms with van der Waals surface area (Å²) in [5.41, 5.74) is 10.2. The highest BCUT2D eigenvalue weighted by Gasteiger charge is 2.11. The fourth-order valence-electron chi connectivity index (χ4n) is 1.55. The Balaban J connectivity index is 2.48. The maximum absolute atomic E-state index is 5.72. The molecule has 74 valence electrons. The van der Waals surface area contributed by atoms with Crippen molar-refractivity contribution in [3.63, 3.8) is 0 Å². The average molecular weight is 207 g/mol. The molecule has 14 heavy (non-hydrogen) atoms. The van der Waals surface area contributed by atoms with Crippen molar-refractivity contribution in [3.8, 4) is 11.3 Å². The Hall–Kier alpha value is -1.13. The van der Waals surface area contributed by atoms with Crippen LogP contribution in [0.4, 0.5) is 0 Å². The van der Waals surface area contributed by atoms with Crippen LogP contribution in [0.15, 0.2) is 16.8 Å². The van der Waals surface area contributed by atoms with E-state index in [1.165, 1.54) is 0 Å². The molecule has 0 bridgehead atoms. The predicted molar refractivity (Wildman–Crippen MR) is 59.2 cm³/mol. The molecule has 0 aliphatic heterocycles. The number of rotatable bonds is 3. The number of aromatic nitrogens is 2. The molecule has 2 rings (SSSR count). The van der Waals surface area contributed by atoms with E-state index in [1.54, 1.807) is 11.3 Å². The number of nitrogens with two attached hydrogens (primary N) is 1. The van der Waals surface area contributed by atoms with Gasteiger partial charge in [0.1, 0.15) is 0 Å². The zero-order valence-electron chi connectivity index (χ0n) is 8.08. The Kier molecular flexibility index (Phi) is 2.65. The average Bonchev–Trinajstić information content (AvgIpc) is 2.85. The molecule has 0 aromatic carbocycles. The molecule has 3 nitrogen and oxygen atoms in total. The lowest BCUT2D eigenvalue weighted by atomic mass is 10.1. The van der Waals surface area contributed by atoms with Crippen LogP contribution in [0, 0.1) is 0 Å². The summed E-state index contributed by atoms with van der Waals surface area (Å²) >= 11 is 1.68. The second-order valence-electron chi connectivity index (χ2n) is 3.10. The second kappa shape index (κ2) is 3.94. The molecule has 0 spiro atoms. The molecule has 0 saturated carbocycles. The molecule has 0 atom stereocenters. The van der Waals surface area contributed by atoms with Crippen LogP contribution < -0.4 is 5.73 Å². The van der Waals surface area contributed by atoms with Gasteiger partial charge >= 0.3 is 0 Å². The van der Waals surface area contributed by atoms with Gasteiger partial charge in [-0.1, -0.05) is 6.92 Å². The standard InChI is InChI=1S/C10H13N3S/c1-2-9-8(5-11)10(13-12-9)7-3-4-14-6-7/h3-4,6H,2,5,11H2,1H3,(H,12,13). The van der Waals surface area contributed by atoms with Gasteiger partial charge in [-0.3, -0.25) is 5.10 Å². The molecule has 0 amide bonds. The van der Waals surface area contributed by atoms with Crippen molar-refractivity contribution < 1.29 is 0 Å². The molecule has 0 saturated heterocycles. The summed E-state index contributed by atoms with van der Waals surface area (Å²) in [6.07, 6.45) is 0.948. The first-order valence-electron chi connectivity index (χ1n) is 4.65. The number of H-pyrrole nitrogens is 1. The van der Waals surface area contributed by atoms with E-state index in [2.05, 4.69) is 33.9 Å². The summed E-state index contributed by atoms with van der Waals surface area (Å²) in [6, 6.07) is 2.07. The topological polar surface area (TPSA) is 54.7 Å². The molecule has 0 aliphatic rings. The minimum atomic E-state index is 0.546. The van der Waals surface area contributed by atoms with Crippen molar-refractivity contribution in [2.24, 2.45) is 5.73 Å². The molecular formula is C10H13N3S. The highest BCUT2D eigenvalue weighted by Crippen LogP contribution is 2.25. The lowest BCUT2D eigenvalue weighted by molar-refractivity contribution is 0.948. The summed E-state index contributed by atoms with van der Waals surface area (Å²) in [5.74, 6) is 0. The third-order valence-corrected chi connectivity index (χ3v) is 2.99. The van der Waals surface area contributed by atoms with E-state index < -0.39 is 0 Å². The Morgan fingerprint density at radius 1 is 1.57 bits per heavy atom. The van der Waals surface area contributed by atoms with Gasteiger partial charge in [0, 0.05) is 28.7 Å². The van der Waals surface area contributed by atoms with Gasteiger partial charge in [-0.25, -0.2) is 0 Å². The maximum Gasteiger partial charge on any atom is 0.0976 e. The smallest absolute Gasteiger partial charge is 0.0976 e. The molecule has 4 heteroatoms. The third-order valence-electron chi connectivity index (χ3n) is 2.31. The van der Waals surface area contributed by atoms with Crippen molar-refractivity contribution in [3.05, 3.63) is 28.1 Å². The first-order chi connectivity index (χ1) is 6.86. The van der Waals surface area contributed by atoms with Gasteiger partial charge in [-0.2, -0.15) is 16.4 Å².